The fourth-order valence-electron chi connectivity index (χ4n) is 0.778. The number of hydrogen-bond acceptors (Lipinski definition) is 3. The van der Waals surface area contributed by atoms with E-state index in [1.807, 2.05) is 0 Å². The molecule has 11 heavy (non-hydrogen) atoms. The zero-order valence-electron chi connectivity index (χ0n) is 6.70. The Morgan fingerprint density at radius 2 is 2.36 bits per heavy atom. The molecular formula is C8H12O3. The van der Waals surface area contributed by atoms with Crippen molar-refractivity contribution in [3.05, 3.63) is 24.7 Å². The Balaban J connectivity index is 2.59. The van der Waals surface area contributed by atoms with Crippen LogP contribution in [0.3, 0.4) is 0 Å². The van der Waals surface area contributed by atoms with Crippen molar-refractivity contribution in [3.63, 3.8) is 0 Å². The van der Waals surface area contributed by atoms with Crippen molar-refractivity contribution in [3.8, 4) is 0 Å². The van der Waals surface area contributed by atoms with E-state index in [1.165, 1.54) is 12.3 Å². The van der Waals surface area contributed by atoms with E-state index >= 15 is 0 Å². The van der Waals surface area contributed by atoms with Crippen molar-refractivity contribution >= 4 is 0 Å². The molecule has 0 aromatic heterocycles. The fourth-order valence-corrected chi connectivity index (χ4v) is 0.778. The average Bonchev–Trinajstić information content (AvgIpc) is 2.29. The van der Waals surface area contributed by atoms with Crippen molar-refractivity contribution in [2.24, 2.45) is 0 Å². The van der Waals surface area contributed by atoms with Gasteiger partial charge in [0.15, 0.2) is 5.76 Å². The molecule has 0 saturated carbocycles. The van der Waals surface area contributed by atoms with Gasteiger partial charge in [-0.05, 0) is 0 Å². The summed E-state index contributed by atoms with van der Waals surface area (Å²) in [6.07, 6.45) is 2.03. The topological polar surface area (TPSA) is 38.7 Å². The molecule has 1 atom stereocenters. The molecule has 1 rings (SSSR count). The highest BCUT2D eigenvalue weighted by atomic mass is 16.7. The van der Waals surface area contributed by atoms with Gasteiger partial charge in [0.2, 0.25) is 5.79 Å². The fraction of sp³-hybridized carbons (Fsp3) is 0.500. The molecule has 0 aromatic carbocycles. The lowest BCUT2D eigenvalue weighted by Gasteiger charge is -2.18. The zero-order valence-corrected chi connectivity index (χ0v) is 6.70. The average molecular weight is 156 g/mol. The van der Waals surface area contributed by atoms with Crippen LogP contribution < -0.4 is 0 Å². The Kier molecular flexibility index (Phi) is 1.91. The standard InChI is InChI=1S/C8H12O3/c1-4-6(9)7-5-10-8(2,3)11-7/h4-6,9H,1H2,2-3H3/t6-/m1/s1. The molecule has 0 fully saturated rings. The van der Waals surface area contributed by atoms with Gasteiger partial charge in [0.05, 0.1) is 0 Å². The quantitative estimate of drug-likeness (QED) is 0.610. The third-order valence-corrected chi connectivity index (χ3v) is 1.34. The molecule has 1 aliphatic heterocycles. The summed E-state index contributed by atoms with van der Waals surface area (Å²) in [5.41, 5.74) is 0. The lowest BCUT2D eigenvalue weighted by Crippen LogP contribution is -2.22. The molecule has 0 spiro atoms. The van der Waals surface area contributed by atoms with E-state index in [0.717, 1.165) is 0 Å². The molecule has 3 heteroatoms. The van der Waals surface area contributed by atoms with Gasteiger partial charge in [-0.3, -0.25) is 0 Å². The Hall–Kier alpha value is -0.960. The summed E-state index contributed by atoms with van der Waals surface area (Å²) < 4.78 is 10.3. The second-order valence-electron chi connectivity index (χ2n) is 2.82. The van der Waals surface area contributed by atoms with Gasteiger partial charge < -0.3 is 14.6 Å². The van der Waals surface area contributed by atoms with Gasteiger partial charge in [-0.15, -0.1) is 6.58 Å². The van der Waals surface area contributed by atoms with Crippen LogP contribution in [-0.2, 0) is 9.47 Å². The minimum atomic E-state index is -0.767. The molecule has 1 aliphatic rings. The lowest BCUT2D eigenvalue weighted by molar-refractivity contribution is -0.122. The maximum Gasteiger partial charge on any atom is 0.244 e. The second kappa shape index (κ2) is 2.58. The molecule has 0 aliphatic carbocycles. The lowest BCUT2D eigenvalue weighted by atomic mass is 10.3. The molecule has 0 unspecified atom stereocenters. The molecule has 0 aromatic rings. The molecule has 62 valence electrons. The number of aliphatic hydroxyl groups is 1. The van der Waals surface area contributed by atoms with E-state index in [1.54, 1.807) is 13.8 Å². The van der Waals surface area contributed by atoms with Crippen LogP contribution in [0.1, 0.15) is 13.8 Å². The Morgan fingerprint density at radius 1 is 1.73 bits per heavy atom. The number of hydrogen-bond donors (Lipinski definition) is 1. The molecule has 0 saturated heterocycles. The first-order chi connectivity index (χ1) is 5.05. The number of aliphatic hydroxyl groups excluding tert-OH is 1. The van der Waals surface area contributed by atoms with Crippen LogP contribution in [0.15, 0.2) is 24.7 Å². The molecule has 0 bridgehead atoms. The van der Waals surface area contributed by atoms with Gasteiger partial charge in [-0.25, -0.2) is 0 Å². The summed E-state index contributed by atoms with van der Waals surface area (Å²) in [4.78, 5) is 0. The van der Waals surface area contributed by atoms with Gasteiger partial charge in [-0.1, -0.05) is 6.08 Å². The molecule has 1 heterocycles. The summed E-state index contributed by atoms with van der Waals surface area (Å²) in [7, 11) is 0. The second-order valence-corrected chi connectivity index (χ2v) is 2.82. The van der Waals surface area contributed by atoms with E-state index < -0.39 is 11.9 Å². The van der Waals surface area contributed by atoms with E-state index in [4.69, 9.17) is 9.47 Å². The van der Waals surface area contributed by atoms with Gasteiger partial charge in [0, 0.05) is 13.8 Å². The first kappa shape index (κ1) is 8.14. The van der Waals surface area contributed by atoms with Crippen LogP contribution in [0.25, 0.3) is 0 Å². The summed E-state index contributed by atoms with van der Waals surface area (Å²) >= 11 is 0. The third-order valence-electron chi connectivity index (χ3n) is 1.34. The summed E-state index contributed by atoms with van der Waals surface area (Å²) in [6.45, 7) is 6.97. The minimum Gasteiger partial charge on any atom is -0.457 e. The normalized spacial score (nSPS) is 23.0. The predicted molar refractivity (Wildman–Crippen MR) is 40.5 cm³/mol. The van der Waals surface area contributed by atoms with Crippen molar-refractivity contribution in [2.45, 2.75) is 25.7 Å². The van der Waals surface area contributed by atoms with Crippen LogP contribution in [0, 0.1) is 0 Å². The van der Waals surface area contributed by atoms with E-state index in [9.17, 15) is 5.11 Å². The van der Waals surface area contributed by atoms with Crippen LogP contribution in [0.5, 0.6) is 0 Å². The van der Waals surface area contributed by atoms with E-state index in [2.05, 4.69) is 6.58 Å². The molecule has 1 N–H and O–H groups in total. The molecule has 3 nitrogen and oxygen atoms in total. The third kappa shape index (κ3) is 1.74. The Labute approximate surface area is 65.9 Å². The van der Waals surface area contributed by atoms with Crippen molar-refractivity contribution in [1.82, 2.24) is 0 Å². The van der Waals surface area contributed by atoms with Gasteiger partial charge in [0.25, 0.3) is 0 Å². The summed E-state index contributed by atoms with van der Waals surface area (Å²) in [5, 5.41) is 9.20. The number of rotatable bonds is 2. The Bertz CT molecular complexity index is 194. The number of ether oxygens (including phenoxy) is 2. The largest absolute Gasteiger partial charge is 0.457 e. The van der Waals surface area contributed by atoms with Crippen LogP contribution in [0.4, 0.5) is 0 Å². The van der Waals surface area contributed by atoms with Gasteiger partial charge >= 0.3 is 0 Å². The maximum absolute atomic E-state index is 9.20. The van der Waals surface area contributed by atoms with Crippen LogP contribution in [-0.4, -0.2) is 17.0 Å². The van der Waals surface area contributed by atoms with Crippen molar-refractivity contribution in [1.29, 1.82) is 0 Å². The molecule has 0 radical (unpaired) electrons. The Morgan fingerprint density at radius 3 is 2.73 bits per heavy atom. The highest BCUT2D eigenvalue weighted by Crippen LogP contribution is 2.26. The highest BCUT2D eigenvalue weighted by molar-refractivity contribution is 5.07. The minimum absolute atomic E-state index is 0.407. The van der Waals surface area contributed by atoms with Crippen molar-refractivity contribution < 1.29 is 14.6 Å². The van der Waals surface area contributed by atoms with Gasteiger partial charge in [0.1, 0.15) is 12.4 Å². The summed E-state index contributed by atoms with van der Waals surface area (Å²) in [6, 6.07) is 0. The van der Waals surface area contributed by atoms with Crippen LogP contribution >= 0.6 is 0 Å². The smallest absolute Gasteiger partial charge is 0.244 e. The van der Waals surface area contributed by atoms with Crippen molar-refractivity contribution in [2.75, 3.05) is 0 Å². The van der Waals surface area contributed by atoms with Gasteiger partial charge in [-0.2, -0.15) is 0 Å². The zero-order chi connectivity index (χ0) is 8.48. The predicted octanol–water partition coefficient (Wildman–Crippen LogP) is 1.16. The summed E-state index contributed by atoms with van der Waals surface area (Å²) in [5.74, 6) is -0.246. The van der Waals surface area contributed by atoms with E-state index in [-0.39, 0.29) is 0 Å². The maximum atomic E-state index is 9.20. The first-order valence-electron chi connectivity index (χ1n) is 3.43. The van der Waals surface area contributed by atoms with Crippen LogP contribution in [0.2, 0.25) is 0 Å². The molecular weight excluding hydrogens is 144 g/mol. The molecule has 0 amide bonds. The SMILES string of the molecule is C=C[C@@H](O)C1=COC(C)(C)O1. The highest BCUT2D eigenvalue weighted by Gasteiger charge is 2.29. The first-order valence-corrected chi connectivity index (χ1v) is 3.43. The van der Waals surface area contributed by atoms with E-state index in [0.29, 0.717) is 5.76 Å². The monoisotopic (exact) mass is 156 g/mol.